The number of carbonyl (C=O) groups excluding carboxylic acids is 1. The van der Waals surface area contributed by atoms with E-state index >= 15 is 0 Å². The lowest BCUT2D eigenvalue weighted by Gasteiger charge is -2.19. The molecule has 2 aromatic heterocycles. The monoisotopic (exact) mass is 325 g/mol. The van der Waals surface area contributed by atoms with Gasteiger partial charge in [-0.2, -0.15) is 5.10 Å². The summed E-state index contributed by atoms with van der Waals surface area (Å²) in [6.07, 6.45) is 1.71. The van der Waals surface area contributed by atoms with Crippen molar-refractivity contribution >= 4 is 17.4 Å². The highest BCUT2D eigenvalue weighted by molar-refractivity contribution is 5.96. The Morgan fingerprint density at radius 1 is 1.25 bits per heavy atom. The molecule has 1 aromatic carbocycles. The molecular formula is C17H19N5O2. The average molecular weight is 325 g/mol. The first-order valence-corrected chi connectivity index (χ1v) is 7.59. The molecule has 0 aliphatic heterocycles. The molecule has 7 heteroatoms. The zero-order valence-electron chi connectivity index (χ0n) is 13.8. The van der Waals surface area contributed by atoms with E-state index < -0.39 is 6.04 Å². The van der Waals surface area contributed by atoms with E-state index in [1.165, 1.54) is 0 Å². The number of anilines is 2. The van der Waals surface area contributed by atoms with Gasteiger partial charge >= 0.3 is 0 Å². The fourth-order valence-corrected chi connectivity index (χ4v) is 2.37. The minimum Gasteiger partial charge on any atom is -0.367 e. The maximum atomic E-state index is 12.8. The first-order chi connectivity index (χ1) is 11.5. The summed E-state index contributed by atoms with van der Waals surface area (Å²) in [6.45, 7) is 3.71. The Morgan fingerprint density at radius 3 is 2.58 bits per heavy atom. The summed E-state index contributed by atoms with van der Waals surface area (Å²) in [6, 6.07) is 10.6. The first kappa shape index (κ1) is 15.8. The molecule has 1 amide bonds. The molecule has 3 aromatic rings. The fourth-order valence-electron chi connectivity index (χ4n) is 2.37. The average Bonchev–Trinajstić information content (AvgIpc) is 3.12. The van der Waals surface area contributed by atoms with E-state index in [4.69, 9.17) is 4.52 Å². The van der Waals surface area contributed by atoms with Crippen LogP contribution in [0.4, 0.5) is 11.5 Å². The number of carbonyl (C=O) groups is 1. The summed E-state index contributed by atoms with van der Waals surface area (Å²) in [5.74, 6) is 0.804. The molecule has 124 valence electrons. The summed E-state index contributed by atoms with van der Waals surface area (Å²) in [5.41, 5.74) is 2.59. The van der Waals surface area contributed by atoms with Crippen molar-refractivity contribution in [2.45, 2.75) is 19.9 Å². The van der Waals surface area contributed by atoms with Crippen molar-refractivity contribution in [1.29, 1.82) is 0 Å². The van der Waals surface area contributed by atoms with Crippen molar-refractivity contribution in [3.05, 3.63) is 59.6 Å². The molecule has 3 rings (SSSR count). The highest BCUT2D eigenvalue weighted by Crippen LogP contribution is 2.23. The highest BCUT2D eigenvalue weighted by atomic mass is 16.5. The zero-order chi connectivity index (χ0) is 17.1. The summed E-state index contributed by atoms with van der Waals surface area (Å²) in [4.78, 5) is 12.8. The first-order valence-electron chi connectivity index (χ1n) is 7.59. The standard InChI is InChI=1S/C17H19N5O2/c1-11-9-15(21-24-11)20-17(23)16(13-7-5-4-6-8-13)19-14-10-18-22(3)12(14)2/h4-10,16,19H,1-3H3,(H,20,21,23). The van der Waals surface area contributed by atoms with Crippen LogP contribution in [0.5, 0.6) is 0 Å². The van der Waals surface area contributed by atoms with E-state index in [1.54, 1.807) is 23.9 Å². The maximum Gasteiger partial charge on any atom is 0.252 e. The van der Waals surface area contributed by atoms with E-state index in [-0.39, 0.29) is 5.91 Å². The number of benzene rings is 1. The van der Waals surface area contributed by atoms with Gasteiger partial charge in [-0.3, -0.25) is 9.48 Å². The lowest BCUT2D eigenvalue weighted by molar-refractivity contribution is -0.117. The molecule has 1 atom stereocenters. The highest BCUT2D eigenvalue weighted by Gasteiger charge is 2.23. The smallest absolute Gasteiger partial charge is 0.252 e. The van der Waals surface area contributed by atoms with Crippen LogP contribution >= 0.6 is 0 Å². The number of aryl methyl sites for hydroxylation is 2. The molecule has 0 bridgehead atoms. The Kier molecular flexibility index (Phi) is 4.33. The Bertz CT molecular complexity index is 838. The second-order valence-electron chi connectivity index (χ2n) is 5.57. The van der Waals surface area contributed by atoms with Crippen LogP contribution < -0.4 is 10.6 Å². The van der Waals surface area contributed by atoms with Crippen LogP contribution in [0.3, 0.4) is 0 Å². The summed E-state index contributed by atoms with van der Waals surface area (Å²) in [5, 5.41) is 14.0. The SMILES string of the molecule is Cc1cc(NC(=O)C(Nc2cnn(C)c2C)c2ccccc2)no1. The Labute approximate surface area is 139 Å². The van der Waals surface area contributed by atoms with Gasteiger partial charge in [0.15, 0.2) is 5.82 Å². The van der Waals surface area contributed by atoms with E-state index in [1.807, 2.05) is 44.3 Å². The molecular weight excluding hydrogens is 306 g/mol. The topological polar surface area (TPSA) is 85.0 Å². The number of rotatable bonds is 5. The molecule has 0 saturated carbocycles. The molecule has 24 heavy (non-hydrogen) atoms. The summed E-state index contributed by atoms with van der Waals surface area (Å²) >= 11 is 0. The third kappa shape index (κ3) is 3.29. The van der Waals surface area contributed by atoms with Crippen LogP contribution in [0.15, 0.2) is 47.1 Å². The molecule has 0 radical (unpaired) electrons. The van der Waals surface area contributed by atoms with Crippen LogP contribution in [-0.2, 0) is 11.8 Å². The number of aromatic nitrogens is 3. The third-order valence-electron chi connectivity index (χ3n) is 3.81. The van der Waals surface area contributed by atoms with Crippen LogP contribution in [-0.4, -0.2) is 20.8 Å². The predicted molar refractivity (Wildman–Crippen MR) is 90.6 cm³/mol. The quantitative estimate of drug-likeness (QED) is 0.753. The largest absolute Gasteiger partial charge is 0.367 e. The molecule has 0 spiro atoms. The van der Waals surface area contributed by atoms with Crippen molar-refractivity contribution in [2.24, 2.45) is 7.05 Å². The van der Waals surface area contributed by atoms with Gasteiger partial charge in [-0.25, -0.2) is 0 Å². The third-order valence-corrected chi connectivity index (χ3v) is 3.81. The molecule has 0 aliphatic carbocycles. The number of hydrogen-bond donors (Lipinski definition) is 2. The normalized spacial score (nSPS) is 12.0. The number of nitrogens with one attached hydrogen (secondary N) is 2. The van der Waals surface area contributed by atoms with Gasteiger partial charge in [0.25, 0.3) is 5.91 Å². The Morgan fingerprint density at radius 2 is 2.00 bits per heavy atom. The molecule has 7 nitrogen and oxygen atoms in total. The van der Waals surface area contributed by atoms with E-state index in [9.17, 15) is 4.79 Å². The summed E-state index contributed by atoms with van der Waals surface area (Å²) in [7, 11) is 1.86. The van der Waals surface area contributed by atoms with Gasteiger partial charge in [0, 0.05) is 13.1 Å². The van der Waals surface area contributed by atoms with Gasteiger partial charge in [-0.05, 0) is 19.4 Å². The molecule has 0 aliphatic rings. The fraction of sp³-hybridized carbons (Fsp3) is 0.235. The van der Waals surface area contributed by atoms with Crippen LogP contribution in [0.1, 0.15) is 23.1 Å². The van der Waals surface area contributed by atoms with Crippen molar-refractivity contribution in [1.82, 2.24) is 14.9 Å². The van der Waals surface area contributed by atoms with Crippen molar-refractivity contribution in [3.8, 4) is 0 Å². The number of hydrogen-bond acceptors (Lipinski definition) is 5. The number of amides is 1. The predicted octanol–water partition coefficient (Wildman–Crippen LogP) is 2.82. The van der Waals surface area contributed by atoms with Crippen molar-refractivity contribution in [3.63, 3.8) is 0 Å². The lowest BCUT2D eigenvalue weighted by Crippen LogP contribution is -2.27. The summed E-state index contributed by atoms with van der Waals surface area (Å²) < 4.78 is 6.75. The van der Waals surface area contributed by atoms with Crippen LogP contribution in [0.2, 0.25) is 0 Å². The molecule has 0 saturated heterocycles. The van der Waals surface area contributed by atoms with Crippen molar-refractivity contribution < 1.29 is 9.32 Å². The molecule has 0 fully saturated rings. The van der Waals surface area contributed by atoms with Gasteiger partial charge in [0.1, 0.15) is 11.8 Å². The molecule has 2 N–H and O–H groups in total. The van der Waals surface area contributed by atoms with Gasteiger partial charge in [0.05, 0.1) is 17.6 Å². The van der Waals surface area contributed by atoms with Gasteiger partial charge in [0.2, 0.25) is 0 Å². The Hall–Kier alpha value is -3.09. The van der Waals surface area contributed by atoms with Crippen LogP contribution in [0.25, 0.3) is 0 Å². The van der Waals surface area contributed by atoms with Gasteiger partial charge in [-0.1, -0.05) is 35.5 Å². The van der Waals surface area contributed by atoms with Gasteiger partial charge in [-0.15, -0.1) is 0 Å². The molecule has 2 heterocycles. The second-order valence-corrected chi connectivity index (χ2v) is 5.57. The van der Waals surface area contributed by atoms with E-state index in [0.717, 1.165) is 16.9 Å². The van der Waals surface area contributed by atoms with E-state index in [2.05, 4.69) is 20.9 Å². The van der Waals surface area contributed by atoms with Gasteiger partial charge < -0.3 is 15.2 Å². The lowest BCUT2D eigenvalue weighted by atomic mass is 10.1. The number of nitrogens with zero attached hydrogens (tertiary/aromatic N) is 3. The van der Waals surface area contributed by atoms with E-state index in [0.29, 0.717) is 11.6 Å². The van der Waals surface area contributed by atoms with Crippen LogP contribution in [0, 0.1) is 13.8 Å². The Balaban J connectivity index is 1.87. The molecule has 1 unspecified atom stereocenters. The minimum absolute atomic E-state index is 0.224. The van der Waals surface area contributed by atoms with Crippen molar-refractivity contribution in [2.75, 3.05) is 10.6 Å². The zero-order valence-corrected chi connectivity index (χ0v) is 13.8. The maximum absolute atomic E-state index is 12.8. The second kappa shape index (κ2) is 6.57. The minimum atomic E-state index is -0.578.